The molecule has 0 spiro atoms. The highest BCUT2D eigenvalue weighted by molar-refractivity contribution is 5.94. The van der Waals surface area contributed by atoms with Crippen LogP contribution in [0.5, 0.6) is 0 Å². The maximum Gasteiger partial charge on any atom is 0.220 e. The van der Waals surface area contributed by atoms with Gasteiger partial charge in [0.1, 0.15) is 7.05 Å². The lowest BCUT2D eigenvalue weighted by Gasteiger charge is -2.12. The molecule has 1 heterocycles. The zero-order valence-corrected chi connectivity index (χ0v) is 15.9. The molecule has 0 radical (unpaired) electrons. The van der Waals surface area contributed by atoms with E-state index in [1.165, 1.54) is 50.0 Å². The van der Waals surface area contributed by atoms with Crippen molar-refractivity contribution in [1.82, 2.24) is 0 Å². The lowest BCUT2D eigenvalue weighted by Crippen LogP contribution is -2.35. The second-order valence-corrected chi connectivity index (χ2v) is 7.18. The minimum Gasteiger partial charge on any atom is -0.198 e. The Morgan fingerprint density at radius 3 is 2.19 bits per heavy atom. The molecule has 0 bridgehead atoms. The number of rotatable bonds is 2. The largest absolute Gasteiger partial charge is 0.220 e. The van der Waals surface area contributed by atoms with Crippen molar-refractivity contribution in [1.29, 1.82) is 0 Å². The van der Waals surface area contributed by atoms with E-state index in [1.807, 2.05) is 0 Å². The molecule has 0 unspecified atom stereocenters. The van der Waals surface area contributed by atoms with Gasteiger partial charge in [-0.15, -0.1) is 0 Å². The summed E-state index contributed by atoms with van der Waals surface area (Å²) in [6.07, 6.45) is 0. The average Bonchev–Trinajstić information content (AvgIpc) is 2.64. The van der Waals surface area contributed by atoms with Gasteiger partial charge in [-0.2, -0.15) is 4.57 Å². The first-order valence-corrected chi connectivity index (χ1v) is 9.11. The van der Waals surface area contributed by atoms with Gasteiger partial charge in [0.15, 0.2) is 5.69 Å². The van der Waals surface area contributed by atoms with Gasteiger partial charge in [0, 0.05) is 18.6 Å². The number of nitrogens with zero attached hydrogens (tertiary/aromatic N) is 1. The van der Waals surface area contributed by atoms with E-state index in [9.17, 15) is 0 Å². The predicted molar refractivity (Wildman–Crippen MR) is 110 cm³/mol. The number of aromatic nitrogens is 1. The zero-order valence-electron chi connectivity index (χ0n) is 15.9. The van der Waals surface area contributed by atoms with Crippen molar-refractivity contribution < 1.29 is 4.57 Å². The summed E-state index contributed by atoms with van der Waals surface area (Å²) in [5.41, 5.74) is 8.98. The van der Waals surface area contributed by atoms with Gasteiger partial charge in [-0.3, -0.25) is 0 Å². The molecular weight excluding hydrogens is 314 g/mol. The van der Waals surface area contributed by atoms with E-state index >= 15 is 0 Å². The predicted octanol–water partition coefficient (Wildman–Crippen LogP) is 5.92. The van der Waals surface area contributed by atoms with Crippen LogP contribution in [-0.2, 0) is 7.05 Å². The van der Waals surface area contributed by atoms with Crippen molar-refractivity contribution >= 4 is 10.8 Å². The average molecular weight is 338 g/mol. The number of aryl methyl sites for hydroxylation is 3. The maximum absolute atomic E-state index is 2.31. The summed E-state index contributed by atoms with van der Waals surface area (Å²) in [6, 6.07) is 26.4. The Morgan fingerprint density at radius 1 is 0.692 bits per heavy atom. The van der Waals surface area contributed by atoms with E-state index in [1.54, 1.807) is 0 Å². The highest BCUT2D eigenvalue weighted by Crippen LogP contribution is 2.31. The van der Waals surface area contributed by atoms with Crippen LogP contribution >= 0.6 is 0 Å². The van der Waals surface area contributed by atoms with Crippen LogP contribution in [-0.4, -0.2) is 0 Å². The van der Waals surface area contributed by atoms with E-state index < -0.39 is 0 Å². The number of hydrogen-bond donors (Lipinski definition) is 0. The molecule has 1 nitrogen and oxygen atoms in total. The van der Waals surface area contributed by atoms with E-state index in [0.717, 1.165) is 0 Å². The highest BCUT2D eigenvalue weighted by atomic mass is 14.9. The van der Waals surface area contributed by atoms with Gasteiger partial charge >= 0.3 is 0 Å². The lowest BCUT2D eigenvalue weighted by atomic mass is 9.94. The molecule has 0 N–H and O–H groups in total. The Hall–Kier alpha value is -2.93. The molecule has 3 aromatic carbocycles. The lowest BCUT2D eigenvalue weighted by molar-refractivity contribution is -0.665. The fourth-order valence-electron chi connectivity index (χ4n) is 3.76. The standard InChI is InChI=1S/C25H24N/c1-17-10-12-24-22(14-17)16-19(3)26(4)25(24)23-13-11-21(15-18(23)2)20-8-6-5-7-9-20/h5-16H,1-4H3/q+1. The summed E-state index contributed by atoms with van der Waals surface area (Å²) >= 11 is 0. The molecule has 4 rings (SSSR count). The highest BCUT2D eigenvalue weighted by Gasteiger charge is 2.19. The third-order valence-electron chi connectivity index (χ3n) is 5.28. The molecule has 128 valence electrons. The van der Waals surface area contributed by atoms with Crippen LogP contribution in [0.4, 0.5) is 0 Å². The molecule has 0 aliphatic rings. The molecule has 0 aliphatic heterocycles. The third kappa shape index (κ3) is 2.80. The smallest absolute Gasteiger partial charge is 0.198 e. The second-order valence-electron chi connectivity index (χ2n) is 7.18. The van der Waals surface area contributed by atoms with Crippen LogP contribution in [0, 0.1) is 20.8 Å². The summed E-state index contributed by atoms with van der Waals surface area (Å²) < 4.78 is 2.31. The van der Waals surface area contributed by atoms with Crippen molar-refractivity contribution in [3.8, 4) is 22.4 Å². The van der Waals surface area contributed by atoms with Crippen molar-refractivity contribution in [2.45, 2.75) is 20.8 Å². The number of hydrogen-bond acceptors (Lipinski definition) is 0. The van der Waals surface area contributed by atoms with Crippen molar-refractivity contribution in [3.63, 3.8) is 0 Å². The Balaban J connectivity index is 1.95. The van der Waals surface area contributed by atoms with Gasteiger partial charge in [-0.25, -0.2) is 0 Å². The third-order valence-corrected chi connectivity index (χ3v) is 5.28. The fraction of sp³-hybridized carbons (Fsp3) is 0.160. The molecule has 0 saturated carbocycles. The Labute approximate surface area is 155 Å². The minimum atomic E-state index is 1.26. The van der Waals surface area contributed by atoms with Crippen LogP contribution in [0.2, 0.25) is 0 Å². The Morgan fingerprint density at radius 2 is 1.46 bits per heavy atom. The first-order valence-electron chi connectivity index (χ1n) is 9.11. The van der Waals surface area contributed by atoms with Crippen LogP contribution in [0.25, 0.3) is 33.2 Å². The molecule has 0 atom stereocenters. The first-order chi connectivity index (χ1) is 12.5. The van der Waals surface area contributed by atoms with Crippen molar-refractivity contribution in [2.24, 2.45) is 7.05 Å². The van der Waals surface area contributed by atoms with Gasteiger partial charge in [0.25, 0.3) is 0 Å². The number of fused-ring (bicyclic) bond motifs is 1. The number of pyridine rings is 1. The fourth-order valence-corrected chi connectivity index (χ4v) is 3.76. The zero-order chi connectivity index (χ0) is 18.3. The normalized spacial score (nSPS) is 11.1. The summed E-state index contributed by atoms with van der Waals surface area (Å²) in [4.78, 5) is 0. The monoisotopic (exact) mass is 338 g/mol. The van der Waals surface area contributed by atoms with Crippen molar-refractivity contribution in [3.05, 3.63) is 89.6 Å². The molecular formula is C25H24N+. The van der Waals surface area contributed by atoms with Crippen LogP contribution in [0.1, 0.15) is 16.8 Å². The van der Waals surface area contributed by atoms with Crippen LogP contribution in [0.15, 0.2) is 72.8 Å². The van der Waals surface area contributed by atoms with Gasteiger partial charge in [0.2, 0.25) is 5.69 Å². The second kappa shape index (κ2) is 6.42. The molecule has 4 aromatic rings. The quantitative estimate of drug-likeness (QED) is 0.399. The van der Waals surface area contributed by atoms with Crippen LogP contribution in [0.3, 0.4) is 0 Å². The summed E-state index contributed by atoms with van der Waals surface area (Å²) in [7, 11) is 2.16. The SMILES string of the molecule is Cc1ccc2c(-c3ccc(-c4ccccc4)cc3C)[n+](C)c(C)cc2c1. The van der Waals surface area contributed by atoms with Gasteiger partial charge < -0.3 is 0 Å². The van der Waals surface area contributed by atoms with E-state index in [-0.39, 0.29) is 0 Å². The Kier molecular flexibility index (Phi) is 4.08. The summed E-state index contributed by atoms with van der Waals surface area (Å²) in [5.74, 6) is 0. The Bertz CT molecular complexity index is 1110. The van der Waals surface area contributed by atoms with Gasteiger partial charge in [-0.1, -0.05) is 60.2 Å². The summed E-state index contributed by atoms with van der Waals surface area (Å²) in [6.45, 7) is 6.55. The van der Waals surface area contributed by atoms with E-state index in [4.69, 9.17) is 0 Å². The number of benzene rings is 3. The van der Waals surface area contributed by atoms with E-state index in [0.29, 0.717) is 0 Å². The van der Waals surface area contributed by atoms with E-state index in [2.05, 4.69) is 105 Å². The summed E-state index contributed by atoms with van der Waals surface area (Å²) in [5, 5.41) is 2.61. The molecule has 26 heavy (non-hydrogen) atoms. The first kappa shape index (κ1) is 16.5. The molecule has 1 heteroatoms. The molecule has 0 amide bonds. The molecule has 0 aliphatic carbocycles. The molecule has 0 fully saturated rings. The maximum atomic E-state index is 2.31. The van der Waals surface area contributed by atoms with Crippen LogP contribution < -0.4 is 4.57 Å². The van der Waals surface area contributed by atoms with Crippen molar-refractivity contribution in [2.75, 3.05) is 0 Å². The van der Waals surface area contributed by atoms with Gasteiger partial charge in [0.05, 0.1) is 5.39 Å². The van der Waals surface area contributed by atoms with Gasteiger partial charge in [-0.05, 0) is 48.1 Å². The molecule has 1 aromatic heterocycles. The topological polar surface area (TPSA) is 3.88 Å². The minimum absolute atomic E-state index is 1.26. The molecule has 0 saturated heterocycles.